The van der Waals surface area contributed by atoms with Gasteiger partial charge in [0.05, 0.1) is 46.6 Å². The average Bonchev–Trinajstić information content (AvgIpc) is 3.42. The molecule has 10 atom stereocenters. The predicted molar refractivity (Wildman–Crippen MR) is 246 cm³/mol. The molecule has 2 aliphatic rings. The summed E-state index contributed by atoms with van der Waals surface area (Å²) < 4.78 is 54.4. The van der Waals surface area contributed by atoms with Gasteiger partial charge < -0.3 is 52.8 Å². The largest absolute Gasteiger partial charge is 0.452 e. The normalized spacial score (nSPS) is 23.7. The van der Waals surface area contributed by atoms with Gasteiger partial charge in [0.1, 0.15) is 12.2 Å². The number of carbonyl (C=O) groups excluding carboxylic acids is 6. The lowest BCUT2D eigenvalue weighted by molar-refractivity contribution is -0.323. The van der Waals surface area contributed by atoms with Crippen LogP contribution in [0, 0.1) is 0 Å². The van der Waals surface area contributed by atoms with Crippen LogP contribution in [0.15, 0.2) is 182 Å². The van der Waals surface area contributed by atoms with Crippen LogP contribution in [-0.4, -0.2) is 121 Å². The van der Waals surface area contributed by atoms with Gasteiger partial charge in [-0.1, -0.05) is 109 Å². The number of hydrogen-bond donors (Lipinski definition) is 2. The first kappa shape index (κ1) is 49.4. The second-order valence-electron chi connectivity index (χ2n) is 16.0. The second kappa shape index (κ2) is 23.5. The van der Waals surface area contributed by atoms with Crippen LogP contribution in [0.2, 0.25) is 0 Å². The van der Waals surface area contributed by atoms with Gasteiger partial charge in [-0.05, 0) is 72.8 Å². The number of aliphatic hydroxyl groups is 2. The third-order valence-electron chi connectivity index (χ3n) is 11.3. The maximum absolute atomic E-state index is 14.0. The lowest BCUT2D eigenvalue weighted by atomic mass is 9.96. The van der Waals surface area contributed by atoms with E-state index in [1.807, 2.05) is 0 Å². The molecule has 71 heavy (non-hydrogen) atoms. The average molecular weight is 967 g/mol. The molecule has 0 saturated carbocycles. The molecule has 8 rings (SSSR count). The van der Waals surface area contributed by atoms with Gasteiger partial charge in [-0.2, -0.15) is 0 Å². The Morgan fingerprint density at radius 2 is 0.620 bits per heavy atom. The molecule has 0 bridgehead atoms. The summed E-state index contributed by atoms with van der Waals surface area (Å²) in [5, 5.41) is 22.6. The van der Waals surface area contributed by atoms with Gasteiger partial charge >= 0.3 is 35.8 Å². The Kier molecular flexibility index (Phi) is 16.3. The van der Waals surface area contributed by atoms with Crippen molar-refractivity contribution in [2.75, 3.05) is 13.2 Å². The third kappa shape index (κ3) is 12.2. The van der Waals surface area contributed by atoms with Crippen LogP contribution in [0.3, 0.4) is 0 Å². The van der Waals surface area contributed by atoms with E-state index in [1.165, 1.54) is 72.8 Å². The van der Waals surface area contributed by atoms with Crippen LogP contribution in [0.1, 0.15) is 62.1 Å². The highest BCUT2D eigenvalue weighted by molar-refractivity contribution is 5.92. The molecular formula is C54H46O17. The summed E-state index contributed by atoms with van der Waals surface area (Å²) in [4.78, 5) is 83.0. The number of carbonyl (C=O) groups is 6. The van der Waals surface area contributed by atoms with Gasteiger partial charge in [-0.3, -0.25) is 0 Å². The Morgan fingerprint density at radius 1 is 0.352 bits per heavy atom. The van der Waals surface area contributed by atoms with Gasteiger partial charge in [0, 0.05) is 0 Å². The Balaban J connectivity index is 1.17. The fraction of sp³-hybridized carbons (Fsp3) is 0.222. The molecular weight excluding hydrogens is 921 g/mol. The molecule has 364 valence electrons. The molecule has 2 N–H and O–H groups in total. The zero-order chi connectivity index (χ0) is 49.7. The summed E-state index contributed by atoms with van der Waals surface area (Å²) in [5.41, 5.74) is 0.368. The smallest absolute Gasteiger partial charge is 0.338 e. The number of rotatable bonds is 16. The van der Waals surface area contributed by atoms with Crippen molar-refractivity contribution in [2.45, 2.75) is 61.4 Å². The quantitative estimate of drug-likeness (QED) is 0.0864. The van der Waals surface area contributed by atoms with E-state index in [2.05, 4.69) is 0 Å². The van der Waals surface area contributed by atoms with Crippen LogP contribution in [0.4, 0.5) is 0 Å². The molecule has 0 amide bonds. The summed E-state index contributed by atoms with van der Waals surface area (Å²) >= 11 is 0. The minimum atomic E-state index is -2.08. The SMILES string of the molecule is O=C(O[C@@H]1[C@@H](OC(=O)c2ccccc2)[C@H](O)O[C@H](CO[C@@H]2O[C@H](CO)[C@@H](OC(=O)c3ccccc3)[C@H](OC(=O)c3ccccc3)[C@H]2OC(=O)c2ccccc2)[C@H]1OC(=O)c1ccccc1)c1ccccc1. The summed E-state index contributed by atoms with van der Waals surface area (Å²) in [5.74, 6) is -5.67. The van der Waals surface area contributed by atoms with Crippen molar-refractivity contribution in [2.24, 2.45) is 0 Å². The van der Waals surface area contributed by atoms with Crippen molar-refractivity contribution >= 4 is 35.8 Å². The summed E-state index contributed by atoms with van der Waals surface area (Å²) in [7, 11) is 0. The molecule has 0 spiro atoms. The van der Waals surface area contributed by atoms with Crippen LogP contribution >= 0.6 is 0 Å². The number of hydrogen-bond acceptors (Lipinski definition) is 17. The standard InChI is InChI=1S/C54H46O17/c55-31-39-41(66-47(56)33-19-7-1-8-20-33)44(69-50(59)36-25-13-4-14-26-36)46(71-52(61)38-29-17-6-18-30-38)54(65-39)63-32-40-42(67-48(57)34-21-9-2-10-22-34)43(68-49(58)35-23-11-3-12-24-35)45(53(62)64-40)70-51(60)37-27-15-5-16-28-37/h1-30,39-46,53-55,62H,31-32H2/t39-,40-,41-,42-,43+,44+,45-,46-,53-,54-/m1/s1. The van der Waals surface area contributed by atoms with Gasteiger partial charge in [0.2, 0.25) is 0 Å². The van der Waals surface area contributed by atoms with E-state index in [0.29, 0.717) is 0 Å². The van der Waals surface area contributed by atoms with E-state index in [1.54, 1.807) is 109 Å². The van der Waals surface area contributed by atoms with Gasteiger partial charge in [0.25, 0.3) is 0 Å². The monoisotopic (exact) mass is 966 g/mol. The summed E-state index contributed by atoms with van der Waals surface area (Å²) in [6.07, 6.45) is -17.7. The first-order chi connectivity index (χ1) is 34.6. The number of ether oxygens (including phenoxy) is 9. The Hall–Kier alpha value is -8.06. The molecule has 2 heterocycles. The first-order valence-electron chi connectivity index (χ1n) is 22.4. The molecule has 0 aromatic heterocycles. The zero-order valence-corrected chi connectivity index (χ0v) is 37.5. The molecule has 6 aromatic rings. The van der Waals surface area contributed by atoms with E-state index >= 15 is 0 Å². The maximum atomic E-state index is 14.0. The zero-order valence-electron chi connectivity index (χ0n) is 37.5. The van der Waals surface area contributed by atoms with E-state index in [-0.39, 0.29) is 33.4 Å². The highest BCUT2D eigenvalue weighted by atomic mass is 16.7. The van der Waals surface area contributed by atoms with Crippen LogP contribution in [0.25, 0.3) is 0 Å². The second-order valence-corrected chi connectivity index (χ2v) is 16.0. The third-order valence-corrected chi connectivity index (χ3v) is 11.3. The first-order valence-corrected chi connectivity index (χ1v) is 22.4. The molecule has 2 fully saturated rings. The number of esters is 6. The van der Waals surface area contributed by atoms with Gasteiger partial charge in [-0.15, -0.1) is 0 Å². The molecule has 6 aromatic carbocycles. The van der Waals surface area contributed by atoms with Gasteiger partial charge in [0.15, 0.2) is 49.2 Å². The van der Waals surface area contributed by atoms with Crippen LogP contribution in [0.5, 0.6) is 0 Å². The maximum Gasteiger partial charge on any atom is 0.338 e. The van der Waals surface area contributed by atoms with E-state index < -0.39 is 110 Å². The topological polar surface area (TPSA) is 226 Å². The Morgan fingerprint density at radius 3 is 0.944 bits per heavy atom. The molecule has 0 unspecified atom stereocenters. The summed E-state index contributed by atoms with van der Waals surface area (Å²) in [6.45, 7) is -1.63. The summed E-state index contributed by atoms with van der Waals surface area (Å²) in [6, 6.07) is 46.5. The molecule has 17 nitrogen and oxygen atoms in total. The molecule has 0 aliphatic carbocycles. The Labute approximate surface area is 406 Å². The molecule has 0 radical (unpaired) electrons. The highest BCUT2D eigenvalue weighted by Gasteiger charge is 2.56. The van der Waals surface area contributed by atoms with E-state index in [0.717, 1.165) is 0 Å². The van der Waals surface area contributed by atoms with Crippen LogP contribution < -0.4 is 0 Å². The molecule has 2 aliphatic heterocycles. The van der Waals surface area contributed by atoms with Crippen molar-refractivity contribution in [1.29, 1.82) is 0 Å². The van der Waals surface area contributed by atoms with Crippen molar-refractivity contribution < 1.29 is 81.6 Å². The number of benzene rings is 6. The fourth-order valence-electron chi connectivity index (χ4n) is 7.78. The predicted octanol–water partition coefficient (Wildman–Crippen LogP) is 5.79. The van der Waals surface area contributed by atoms with Crippen LogP contribution in [-0.2, 0) is 42.6 Å². The minimum Gasteiger partial charge on any atom is -0.452 e. The lowest BCUT2D eigenvalue weighted by Gasteiger charge is -2.45. The van der Waals surface area contributed by atoms with Crippen molar-refractivity contribution in [3.05, 3.63) is 215 Å². The number of aliphatic hydroxyl groups excluding tert-OH is 2. The fourth-order valence-corrected chi connectivity index (χ4v) is 7.78. The molecule has 2 saturated heterocycles. The molecule has 17 heteroatoms. The Bertz CT molecular complexity index is 2730. The van der Waals surface area contributed by atoms with E-state index in [4.69, 9.17) is 42.6 Å². The van der Waals surface area contributed by atoms with Crippen molar-refractivity contribution in [1.82, 2.24) is 0 Å². The lowest BCUT2D eigenvalue weighted by Crippen LogP contribution is -2.64. The van der Waals surface area contributed by atoms with Crippen molar-refractivity contribution in [3.63, 3.8) is 0 Å². The highest BCUT2D eigenvalue weighted by Crippen LogP contribution is 2.34. The van der Waals surface area contributed by atoms with Crippen molar-refractivity contribution in [3.8, 4) is 0 Å². The minimum absolute atomic E-state index is 0.0484. The van der Waals surface area contributed by atoms with E-state index in [9.17, 15) is 39.0 Å². The van der Waals surface area contributed by atoms with Gasteiger partial charge in [-0.25, -0.2) is 28.8 Å².